The van der Waals surface area contributed by atoms with E-state index in [0.717, 1.165) is 45.8 Å². The van der Waals surface area contributed by atoms with Crippen molar-refractivity contribution in [3.63, 3.8) is 0 Å². The molecular weight excluding hydrogens is 421 g/mol. The van der Waals surface area contributed by atoms with Crippen LogP contribution in [0.4, 0.5) is 11.6 Å². The molecule has 0 aliphatic carbocycles. The Morgan fingerprint density at radius 1 is 1.17 bits per heavy atom. The molecular formula is C22H23Cl2N5O. The van der Waals surface area contributed by atoms with Gasteiger partial charge in [0.1, 0.15) is 0 Å². The minimum atomic E-state index is -0.252. The number of rotatable bonds is 4. The zero-order chi connectivity index (χ0) is 20.4. The van der Waals surface area contributed by atoms with Crippen molar-refractivity contribution in [2.24, 2.45) is 0 Å². The summed E-state index contributed by atoms with van der Waals surface area (Å²) >= 11 is 6.23. The van der Waals surface area contributed by atoms with Gasteiger partial charge in [-0.05, 0) is 55.2 Å². The molecule has 1 aromatic heterocycles. The Hall–Kier alpha value is -2.59. The zero-order valence-electron chi connectivity index (χ0n) is 16.6. The van der Waals surface area contributed by atoms with Crippen LogP contribution in [-0.4, -0.2) is 34.5 Å². The molecule has 0 radical (unpaired) electrons. The lowest BCUT2D eigenvalue weighted by atomic mass is 10.1. The Balaban J connectivity index is 0.00000256. The monoisotopic (exact) mass is 443 g/mol. The number of aliphatic hydroxyl groups excluding tert-OH is 1. The number of aromatic nitrogens is 2. The van der Waals surface area contributed by atoms with Crippen LogP contribution in [0.5, 0.6) is 0 Å². The molecule has 2 heterocycles. The third-order valence-electron chi connectivity index (χ3n) is 5.35. The third-order valence-corrected chi connectivity index (χ3v) is 5.76. The number of hydrogen-bond donors (Lipinski definition) is 2. The molecule has 0 bridgehead atoms. The lowest BCUT2D eigenvalue weighted by molar-refractivity contribution is 0.145. The zero-order valence-corrected chi connectivity index (χ0v) is 18.2. The van der Waals surface area contributed by atoms with E-state index in [9.17, 15) is 10.4 Å². The topological polar surface area (TPSA) is 85.1 Å². The van der Waals surface area contributed by atoms with E-state index in [1.54, 1.807) is 6.07 Å². The van der Waals surface area contributed by atoms with E-state index in [-0.39, 0.29) is 18.5 Å². The van der Waals surface area contributed by atoms with Gasteiger partial charge in [0.05, 0.1) is 17.7 Å². The Morgan fingerprint density at radius 3 is 2.63 bits per heavy atom. The molecule has 30 heavy (non-hydrogen) atoms. The number of fused-ring (bicyclic) bond motifs is 1. The maximum absolute atomic E-state index is 9.80. The fourth-order valence-corrected chi connectivity index (χ4v) is 3.79. The highest BCUT2D eigenvalue weighted by molar-refractivity contribution is 6.31. The molecule has 4 rings (SSSR count). The number of nitrogens with zero attached hydrogens (tertiary/aromatic N) is 4. The SMILES string of the molecule is Cc1ccc(CNc2nnc(N3CCC(O)CC3)c3ccc(C#N)cc23)cc1Cl.Cl. The standard InChI is InChI=1S/C22H22ClN5O.ClH/c1-14-2-3-16(11-20(14)23)13-25-21-19-10-15(12-24)4-5-18(19)22(27-26-21)28-8-6-17(29)7-9-28;/h2-5,10-11,17,29H,6-9,13H2,1H3,(H,25,26);1H. The second-order valence-electron chi connectivity index (χ2n) is 7.40. The largest absolute Gasteiger partial charge is 0.393 e. The summed E-state index contributed by atoms with van der Waals surface area (Å²) in [5, 5.41) is 33.9. The van der Waals surface area contributed by atoms with Crippen molar-refractivity contribution in [1.82, 2.24) is 10.2 Å². The number of benzene rings is 2. The maximum atomic E-state index is 9.80. The predicted octanol–water partition coefficient (Wildman–Crippen LogP) is 4.46. The molecule has 1 fully saturated rings. The average Bonchev–Trinajstić information content (AvgIpc) is 2.74. The summed E-state index contributed by atoms with van der Waals surface area (Å²) in [6, 6.07) is 13.7. The molecule has 1 saturated heterocycles. The summed E-state index contributed by atoms with van der Waals surface area (Å²) < 4.78 is 0. The Labute approximate surface area is 186 Å². The first kappa shape index (κ1) is 22.1. The van der Waals surface area contributed by atoms with E-state index in [1.807, 2.05) is 37.3 Å². The number of aryl methyl sites for hydroxylation is 1. The Bertz CT molecular complexity index is 1090. The summed E-state index contributed by atoms with van der Waals surface area (Å²) in [5.41, 5.74) is 2.66. The van der Waals surface area contributed by atoms with E-state index in [2.05, 4.69) is 26.5 Å². The first-order chi connectivity index (χ1) is 14.0. The van der Waals surface area contributed by atoms with Gasteiger partial charge in [0, 0.05) is 35.4 Å². The molecule has 156 valence electrons. The van der Waals surface area contributed by atoms with Gasteiger partial charge in [-0.3, -0.25) is 0 Å². The summed E-state index contributed by atoms with van der Waals surface area (Å²) in [5.74, 6) is 1.43. The van der Waals surface area contributed by atoms with Crippen molar-refractivity contribution in [1.29, 1.82) is 5.26 Å². The van der Waals surface area contributed by atoms with Gasteiger partial charge in [-0.25, -0.2) is 0 Å². The molecule has 0 amide bonds. The van der Waals surface area contributed by atoms with Gasteiger partial charge in [0.2, 0.25) is 0 Å². The lowest BCUT2D eigenvalue weighted by Gasteiger charge is -2.31. The highest BCUT2D eigenvalue weighted by Gasteiger charge is 2.21. The number of nitrogens with one attached hydrogen (secondary N) is 1. The van der Waals surface area contributed by atoms with Crippen molar-refractivity contribution in [3.05, 3.63) is 58.1 Å². The van der Waals surface area contributed by atoms with Gasteiger partial charge in [-0.1, -0.05) is 23.7 Å². The summed E-state index contributed by atoms with van der Waals surface area (Å²) in [4.78, 5) is 2.15. The van der Waals surface area contributed by atoms with Gasteiger partial charge >= 0.3 is 0 Å². The average molecular weight is 444 g/mol. The Kier molecular flexibility index (Phi) is 6.99. The van der Waals surface area contributed by atoms with Crippen molar-refractivity contribution >= 4 is 46.4 Å². The van der Waals surface area contributed by atoms with Crippen LogP contribution in [0, 0.1) is 18.3 Å². The molecule has 1 aliphatic rings. The van der Waals surface area contributed by atoms with E-state index >= 15 is 0 Å². The molecule has 0 unspecified atom stereocenters. The summed E-state index contributed by atoms with van der Waals surface area (Å²) in [7, 11) is 0. The number of aliphatic hydroxyl groups is 1. The van der Waals surface area contributed by atoms with Crippen LogP contribution in [0.15, 0.2) is 36.4 Å². The molecule has 1 aliphatic heterocycles. The van der Waals surface area contributed by atoms with Crippen LogP contribution in [0.1, 0.15) is 29.5 Å². The number of hydrogen-bond acceptors (Lipinski definition) is 6. The highest BCUT2D eigenvalue weighted by atomic mass is 35.5. The van der Waals surface area contributed by atoms with Crippen LogP contribution < -0.4 is 10.2 Å². The van der Waals surface area contributed by atoms with Gasteiger partial charge in [-0.2, -0.15) is 5.26 Å². The smallest absolute Gasteiger partial charge is 0.159 e. The van der Waals surface area contributed by atoms with E-state index in [1.165, 1.54) is 0 Å². The molecule has 2 aromatic carbocycles. The normalized spacial score (nSPS) is 14.3. The number of nitriles is 1. The van der Waals surface area contributed by atoms with Gasteiger partial charge < -0.3 is 15.3 Å². The fraction of sp³-hybridized carbons (Fsp3) is 0.318. The number of anilines is 2. The van der Waals surface area contributed by atoms with Gasteiger partial charge in [0.15, 0.2) is 11.6 Å². The molecule has 0 spiro atoms. The number of piperidine rings is 1. The van der Waals surface area contributed by atoms with E-state index in [4.69, 9.17) is 11.6 Å². The van der Waals surface area contributed by atoms with Crippen molar-refractivity contribution in [2.75, 3.05) is 23.3 Å². The van der Waals surface area contributed by atoms with E-state index in [0.29, 0.717) is 30.8 Å². The van der Waals surface area contributed by atoms with Crippen LogP contribution in [-0.2, 0) is 6.54 Å². The summed E-state index contributed by atoms with van der Waals surface area (Å²) in [6.07, 6.45) is 1.18. The van der Waals surface area contributed by atoms with Gasteiger partial charge in [0.25, 0.3) is 0 Å². The van der Waals surface area contributed by atoms with Crippen LogP contribution in [0.25, 0.3) is 10.8 Å². The van der Waals surface area contributed by atoms with Gasteiger partial charge in [-0.15, -0.1) is 22.6 Å². The third kappa shape index (κ3) is 4.59. The predicted molar refractivity (Wildman–Crippen MR) is 122 cm³/mol. The van der Waals surface area contributed by atoms with Crippen molar-refractivity contribution in [2.45, 2.75) is 32.4 Å². The minimum Gasteiger partial charge on any atom is -0.393 e. The fourth-order valence-electron chi connectivity index (χ4n) is 3.58. The molecule has 0 atom stereocenters. The molecule has 2 N–H and O–H groups in total. The Morgan fingerprint density at radius 2 is 1.93 bits per heavy atom. The van der Waals surface area contributed by atoms with E-state index < -0.39 is 0 Å². The van der Waals surface area contributed by atoms with Crippen molar-refractivity contribution < 1.29 is 5.11 Å². The first-order valence-corrected chi connectivity index (χ1v) is 10.1. The molecule has 0 saturated carbocycles. The second-order valence-corrected chi connectivity index (χ2v) is 7.81. The van der Waals surface area contributed by atoms with Crippen LogP contribution in [0.2, 0.25) is 5.02 Å². The number of halogens is 2. The van der Waals surface area contributed by atoms with Crippen LogP contribution in [0.3, 0.4) is 0 Å². The molecule has 3 aromatic rings. The quantitative estimate of drug-likeness (QED) is 0.618. The minimum absolute atomic E-state index is 0. The first-order valence-electron chi connectivity index (χ1n) is 9.67. The highest BCUT2D eigenvalue weighted by Crippen LogP contribution is 2.31. The molecule has 6 nitrogen and oxygen atoms in total. The molecule has 8 heteroatoms. The second kappa shape index (κ2) is 9.48. The maximum Gasteiger partial charge on any atom is 0.159 e. The summed E-state index contributed by atoms with van der Waals surface area (Å²) in [6.45, 7) is 4.00. The van der Waals surface area contributed by atoms with Crippen LogP contribution >= 0.6 is 24.0 Å². The van der Waals surface area contributed by atoms with Crippen molar-refractivity contribution in [3.8, 4) is 6.07 Å². The lowest BCUT2D eigenvalue weighted by Crippen LogP contribution is -2.36.